The molecule has 0 spiro atoms. The van der Waals surface area contributed by atoms with Crippen LogP contribution in [0.4, 0.5) is 5.69 Å². The van der Waals surface area contributed by atoms with E-state index < -0.39 is 5.97 Å². The number of carbonyl (C=O) groups is 2. The Labute approximate surface area is 122 Å². The zero-order chi connectivity index (χ0) is 15.1. The van der Waals surface area contributed by atoms with E-state index in [1.807, 2.05) is 6.07 Å². The van der Waals surface area contributed by atoms with Crippen molar-refractivity contribution in [3.8, 4) is 0 Å². The molecule has 0 saturated carbocycles. The smallest absolute Gasteiger partial charge is 0.337 e. The van der Waals surface area contributed by atoms with E-state index in [2.05, 4.69) is 15.4 Å². The number of benzene rings is 1. The molecule has 6 nitrogen and oxygen atoms in total. The fourth-order valence-electron chi connectivity index (χ4n) is 1.76. The molecule has 0 aliphatic rings. The summed E-state index contributed by atoms with van der Waals surface area (Å²) in [7, 11) is 1.31. The van der Waals surface area contributed by atoms with Crippen LogP contribution in [-0.2, 0) is 16.1 Å². The molecule has 1 amide bonds. The standard InChI is InChI=1S/C15H16N2O4/c1-20-15(19)11-4-2-5-12(8-11)17-14(18)10-16-9-13-6-3-7-21-13/h2-8,16H,9-10H2,1H3,(H,17,18). The molecule has 1 aromatic heterocycles. The number of furan rings is 1. The third-order valence-electron chi connectivity index (χ3n) is 2.73. The lowest BCUT2D eigenvalue weighted by Crippen LogP contribution is -2.27. The van der Waals surface area contributed by atoms with Gasteiger partial charge in [-0.3, -0.25) is 4.79 Å². The van der Waals surface area contributed by atoms with Gasteiger partial charge in [-0.15, -0.1) is 0 Å². The van der Waals surface area contributed by atoms with E-state index in [-0.39, 0.29) is 12.5 Å². The fourth-order valence-corrected chi connectivity index (χ4v) is 1.76. The van der Waals surface area contributed by atoms with Crippen LogP contribution in [0.25, 0.3) is 0 Å². The van der Waals surface area contributed by atoms with Crippen molar-refractivity contribution in [2.24, 2.45) is 0 Å². The van der Waals surface area contributed by atoms with Crippen LogP contribution in [0, 0.1) is 0 Å². The van der Waals surface area contributed by atoms with E-state index in [0.29, 0.717) is 17.8 Å². The molecule has 1 aromatic carbocycles. The summed E-state index contributed by atoms with van der Waals surface area (Å²) in [6.45, 7) is 0.617. The number of anilines is 1. The zero-order valence-electron chi connectivity index (χ0n) is 11.6. The first-order chi connectivity index (χ1) is 10.2. The minimum absolute atomic E-state index is 0.142. The van der Waals surface area contributed by atoms with Gasteiger partial charge in [0.05, 0.1) is 32.0 Å². The van der Waals surface area contributed by atoms with Crippen LogP contribution in [0.1, 0.15) is 16.1 Å². The van der Waals surface area contributed by atoms with Crippen molar-refractivity contribution < 1.29 is 18.7 Å². The van der Waals surface area contributed by atoms with Crippen molar-refractivity contribution >= 4 is 17.6 Å². The lowest BCUT2D eigenvalue weighted by molar-refractivity contribution is -0.115. The number of esters is 1. The fraction of sp³-hybridized carbons (Fsp3) is 0.200. The SMILES string of the molecule is COC(=O)c1cccc(NC(=O)CNCc2ccco2)c1. The van der Waals surface area contributed by atoms with Crippen LogP contribution in [0.3, 0.4) is 0 Å². The molecule has 0 aliphatic heterocycles. The summed E-state index contributed by atoms with van der Waals surface area (Å²) < 4.78 is 9.77. The van der Waals surface area contributed by atoms with Crippen LogP contribution in [0.15, 0.2) is 47.1 Å². The molecule has 2 rings (SSSR count). The van der Waals surface area contributed by atoms with Crippen LogP contribution in [0.2, 0.25) is 0 Å². The first-order valence-corrected chi connectivity index (χ1v) is 6.40. The van der Waals surface area contributed by atoms with E-state index >= 15 is 0 Å². The van der Waals surface area contributed by atoms with Gasteiger partial charge in [-0.2, -0.15) is 0 Å². The largest absolute Gasteiger partial charge is 0.468 e. The maximum absolute atomic E-state index is 11.8. The van der Waals surface area contributed by atoms with Gasteiger partial charge in [0.2, 0.25) is 5.91 Å². The van der Waals surface area contributed by atoms with Gasteiger partial charge in [0.15, 0.2) is 0 Å². The first kappa shape index (κ1) is 14.8. The topological polar surface area (TPSA) is 80.6 Å². The molecule has 1 heterocycles. The molecule has 2 N–H and O–H groups in total. The highest BCUT2D eigenvalue weighted by Crippen LogP contribution is 2.11. The average molecular weight is 288 g/mol. The molecule has 0 radical (unpaired) electrons. The number of methoxy groups -OCH3 is 1. The second-order valence-corrected chi connectivity index (χ2v) is 4.30. The maximum Gasteiger partial charge on any atom is 0.337 e. The quantitative estimate of drug-likeness (QED) is 0.792. The van der Waals surface area contributed by atoms with Crippen molar-refractivity contribution in [2.45, 2.75) is 6.54 Å². The Hall–Kier alpha value is -2.60. The maximum atomic E-state index is 11.8. The van der Waals surface area contributed by atoms with E-state index in [4.69, 9.17) is 4.42 Å². The Kier molecular flexibility index (Phi) is 5.11. The Balaban J connectivity index is 1.83. The van der Waals surface area contributed by atoms with Crippen LogP contribution in [0.5, 0.6) is 0 Å². The molecule has 0 bridgehead atoms. The molecular weight excluding hydrogens is 272 g/mol. The second-order valence-electron chi connectivity index (χ2n) is 4.30. The van der Waals surface area contributed by atoms with Gasteiger partial charge in [-0.05, 0) is 30.3 Å². The van der Waals surface area contributed by atoms with Gasteiger partial charge in [0.1, 0.15) is 5.76 Å². The monoisotopic (exact) mass is 288 g/mol. The predicted octanol–water partition coefficient (Wildman–Crippen LogP) is 1.79. The lowest BCUT2D eigenvalue weighted by Gasteiger charge is -2.07. The molecule has 0 atom stereocenters. The van der Waals surface area contributed by atoms with E-state index in [0.717, 1.165) is 5.76 Å². The highest BCUT2D eigenvalue weighted by molar-refractivity contribution is 5.95. The minimum atomic E-state index is -0.443. The average Bonchev–Trinajstić information content (AvgIpc) is 3.00. The predicted molar refractivity (Wildman–Crippen MR) is 76.8 cm³/mol. The normalized spacial score (nSPS) is 10.1. The van der Waals surface area contributed by atoms with Crippen molar-refractivity contribution in [1.82, 2.24) is 5.32 Å². The summed E-state index contributed by atoms with van der Waals surface area (Å²) in [5, 5.41) is 5.66. The summed E-state index contributed by atoms with van der Waals surface area (Å²) in [6, 6.07) is 10.2. The summed E-state index contributed by atoms with van der Waals surface area (Å²) >= 11 is 0. The third kappa shape index (κ3) is 4.47. The third-order valence-corrected chi connectivity index (χ3v) is 2.73. The Morgan fingerprint density at radius 2 is 2.10 bits per heavy atom. The number of carbonyl (C=O) groups excluding carboxylic acids is 2. The molecule has 0 fully saturated rings. The highest BCUT2D eigenvalue weighted by atomic mass is 16.5. The van der Waals surface area contributed by atoms with Gasteiger partial charge >= 0.3 is 5.97 Å². The highest BCUT2D eigenvalue weighted by Gasteiger charge is 2.07. The van der Waals surface area contributed by atoms with E-state index in [1.165, 1.54) is 7.11 Å². The lowest BCUT2D eigenvalue weighted by atomic mass is 10.2. The van der Waals surface area contributed by atoms with Crippen LogP contribution < -0.4 is 10.6 Å². The molecule has 0 unspecified atom stereocenters. The van der Waals surface area contributed by atoms with Gasteiger partial charge < -0.3 is 19.8 Å². The number of amides is 1. The zero-order valence-corrected chi connectivity index (χ0v) is 11.6. The summed E-state index contributed by atoms with van der Waals surface area (Å²) in [6.07, 6.45) is 1.58. The van der Waals surface area contributed by atoms with Gasteiger partial charge in [0.25, 0.3) is 0 Å². The molecule has 0 aliphatic carbocycles. The molecule has 6 heteroatoms. The Morgan fingerprint density at radius 1 is 1.24 bits per heavy atom. The van der Waals surface area contributed by atoms with Gasteiger partial charge in [0, 0.05) is 5.69 Å². The van der Waals surface area contributed by atoms with Crippen LogP contribution >= 0.6 is 0 Å². The second kappa shape index (κ2) is 7.25. The molecular formula is C15H16N2O4. The number of hydrogen-bond acceptors (Lipinski definition) is 5. The Morgan fingerprint density at radius 3 is 2.81 bits per heavy atom. The number of rotatable bonds is 6. The van der Waals surface area contributed by atoms with Crippen LogP contribution in [-0.4, -0.2) is 25.5 Å². The summed E-state index contributed by atoms with van der Waals surface area (Å²) in [5.74, 6) is 0.112. The van der Waals surface area contributed by atoms with Gasteiger partial charge in [-0.1, -0.05) is 6.07 Å². The summed E-state index contributed by atoms with van der Waals surface area (Å²) in [5.41, 5.74) is 0.932. The molecule has 110 valence electrons. The number of hydrogen-bond donors (Lipinski definition) is 2. The Bertz CT molecular complexity index is 608. The van der Waals surface area contributed by atoms with Crippen molar-refractivity contribution in [3.63, 3.8) is 0 Å². The van der Waals surface area contributed by atoms with Crippen molar-refractivity contribution in [3.05, 3.63) is 54.0 Å². The molecule has 21 heavy (non-hydrogen) atoms. The summed E-state index contributed by atoms with van der Waals surface area (Å²) in [4.78, 5) is 23.2. The van der Waals surface area contributed by atoms with Gasteiger partial charge in [-0.25, -0.2) is 4.79 Å². The first-order valence-electron chi connectivity index (χ1n) is 6.40. The number of nitrogens with one attached hydrogen (secondary N) is 2. The number of ether oxygens (including phenoxy) is 1. The van der Waals surface area contributed by atoms with E-state index in [9.17, 15) is 9.59 Å². The molecule has 2 aromatic rings. The molecule has 0 saturated heterocycles. The van der Waals surface area contributed by atoms with Crippen molar-refractivity contribution in [1.29, 1.82) is 0 Å². The minimum Gasteiger partial charge on any atom is -0.468 e. The van der Waals surface area contributed by atoms with Crippen molar-refractivity contribution in [2.75, 3.05) is 19.0 Å². The van der Waals surface area contributed by atoms with E-state index in [1.54, 1.807) is 36.6 Å².